The zero-order valence-corrected chi connectivity index (χ0v) is 22.8. The molecule has 0 atom stereocenters. The van der Waals surface area contributed by atoms with E-state index in [9.17, 15) is 4.79 Å². The molecule has 1 saturated heterocycles. The summed E-state index contributed by atoms with van der Waals surface area (Å²) in [7, 11) is 0. The first-order chi connectivity index (χ1) is 18.4. The van der Waals surface area contributed by atoms with Crippen LogP contribution < -0.4 is 20.4 Å². The second kappa shape index (κ2) is 11.1. The predicted molar refractivity (Wildman–Crippen MR) is 152 cm³/mol. The third-order valence-electron chi connectivity index (χ3n) is 6.44. The van der Waals surface area contributed by atoms with Crippen molar-refractivity contribution < 1.29 is 4.79 Å². The number of carbonyl (C=O) groups is 1. The van der Waals surface area contributed by atoms with Crippen LogP contribution in [0.1, 0.15) is 39.1 Å². The van der Waals surface area contributed by atoms with Gasteiger partial charge in [-0.25, -0.2) is 4.98 Å². The van der Waals surface area contributed by atoms with Crippen molar-refractivity contribution >= 4 is 45.6 Å². The summed E-state index contributed by atoms with van der Waals surface area (Å²) in [6.45, 7) is 11.4. The van der Waals surface area contributed by atoms with Gasteiger partial charge < -0.3 is 15.1 Å². The first-order valence-electron chi connectivity index (χ1n) is 12.7. The van der Waals surface area contributed by atoms with Crippen LogP contribution in [0.25, 0.3) is 0 Å². The van der Waals surface area contributed by atoms with Crippen LogP contribution in [0.2, 0.25) is 0 Å². The second-order valence-electron chi connectivity index (χ2n) is 9.29. The number of hydrogen-bond acceptors (Lipinski definition) is 10. The van der Waals surface area contributed by atoms with Crippen LogP contribution in [-0.4, -0.2) is 57.0 Å². The van der Waals surface area contributed by atoms with Gasteiger partial charge in [0.25, 0.3) is 5.91 Å². The molecule has 11 heteroatoms. The van der Waals surface area contributed by atoms with E-state index in [1.54, 1.807) is 6.20 Å². The van der Waals surface area contributed by atoms with Crippen molar-refractivity contribution in [2.24, 2.45) is 0 Å². The number of thiazole rings is 1. The lowest BCUT2D eigenvalue weighted by Gasteiger charge is -2.36. The number of carbonyl (C=O) groups excluding carboxylic acids is 1. The fraction of sp³-hybridized carbons (Fsp3) is 0.333. The number of hydrogen-bond donors (Lipinski definition) is 2. The zero-order chi connectivity index (χ0) is 26.6. The number of piperazine rings is 1. The van der Waals surface area contributed by atoms with E-state index in [1.807, 2.05) is 52.2 Å². The molecule has 2 N–H and O–H groups in total. The molecule has 0 unspecified atom stereocenters. The summed E-state index contributed by atoms with van der Waals surface area (Å²) in [4.78, 5) is 40.4. The summed E-state index contributed by atoms with van der Waals surface area (Å²) in [5, 5.41) is 6.77. The van der Waals surface area contributed by atoms with E-state index in [4.69, 9.17) is 0 Å². The SMILES string of the molecule is CCc1nc(Nc2ncc(C(=O)Nc3c(C)cc(C)cc3C)s2)nc(N2CCN(c3ccncc3)CC2)n1. The standard InChI is InChI=1S/C27H31N9OS/c1-5-22-30-25(33-26(31-22)36-12-10-35(11-13-36)20-6-8-28-9-7-20)34-27-29-16-21(38-27)24(37)32-23-18(3)14-17(2)15-19(23)4/h6-9,14-16H,5,10-13H2,1-4H3,(H,32,37)(H,29,30,31,33,34). The van der Waals surface area contributed by atoms with E-state index < -0.39 is 0 Å². The van der Waals surface area contributed by atoms with Gasteiger partial charge in [-0.3, -0.25) is 15.1 Å². The Kier molecular flexibility index (Phi) is 7.45. The highest BCUT2D eigenvalue weighted by atomic mass is 32.1. The van der Waals surface area contributed by atoms with Crippen molar-refractivity contribution in [1.82, 2.24) is 24.9 Å². The van der Waals surface area contributed by atoms with Crippen molar-refractivity contribution in [2.75, 3.05) is 46.6 Å². The van der Waals surface area contributed by atoms with Gasteiger partial charge in [-0.05, 0) is 44.0 Å². The summed E-state index contributed by atoms with van der Waals surface area (Å²) >= 11 is 1.26. The molecule has 5 rings (SSSR count). The first-order valence-corrected chi connectivity index (χ1v) is 13.5. The molecular weight excluding hydrogens is 498 g/mol. The van der Waals surface area contributed by atoms with Crippen molar-refractivity contribution in [1.29, 1.82) is 0 Å². The Labute approximate surface area is 226 Å². The molecule has 1 fully saturated rings. The smallest absolute Gasteiger partial charge is 0.267 e. The van der Waals surface area contributed by atoms with Crippen molar-refractivity contribution in [3.63, 3.8) is 0 Å². The van der Waals surface area contributed by atoms with Crippen molar-refractivity contribution in [3.8, 4) is 0 Å². The number of rotatable bonds is 7. The van der Waals surface area contributed by atoms with Crippen molar-refractivity contribution in [2.45, 2.75) is 34.1 Å². The van der Waals surface area contributed by atoms with E-state index >= 15 is 0 Å². The third kappa shape index (κ3) is 5.72. The lowest BCUT2D eigenvalue weighted by Crippen LogP contribution is -2.47. The Bertz CT molecular complexity index is 1410. The molecule has 1 amide bonds. The number of nitrogens with zero attached hydrogens (tertiary/aromatic N) is 7. The normalized spacial score (nSPS) is 13.5. The largest absolute Gasteiger partial charge is 0.368 e. The van der Waals surface area contributed by atoms with Crippen LogP contribution >= 0.6 is 11.3 Å². The molecule has 0 aliphatic carbocycles. The first kappa shape index (κ1) is 25.5. The quantitative estimate of drug-likeness (QED) is 0.356. The van der Waals surface area contributed by atoms with Gasteiger partial charge in [0.1, 0.15) is 10.7 Å². The number of nitrogens with one attached hydrogen (secondary N) is 2. The minimum absolute atomic E-state index is 0.191. The highest BCUT2D eigenvalue weighted by molar-refractivity contribution is 7.17. The van der Waals surface area contributed by atoms with E-state index in [0.29, 0.717) is 34.2 Å². The van der Waals surface area contributed by atoms with Crippen LogP contribution in [0.5, 0.6) is 0 Å². The van der Waals surface area contributed by atoms with Gasteiger partial charge in [0.05, 0.1) is 6.20 Å². The van der Waals surface area contributed by atoms with Gasteiger partial charge in [-0.1, -0.05) is 36.0 Å². The summed E-state index contributed by atoms with van der Waals surface area (Å²) in [6.07, 6.45) is 5.89. The molecule has 1 aliphatic rings. The summed E-state index contributed by atoms with van der Waals surface area (Å²) < 4.78 is 0. The Morgan fingerprint density at radius 1 is 0.974 bits per heavy atom. The Morgan fingerprint density at radius 3 is 2.34 bits per heavy atom. The topological polar surface area (TPSA) is 112 Å². The number of aromatic nitrogens is 5. The minimum Gasteiger partial charge on any atom is -0.368 e. The van der Waals surface area contributed by atoms with Crippen LogP contribution in [-0.2, 0) is 6.42 Å². The van der Waals surface area contributed by atoms with Crippen LogP contribution in [0.15, 0.2) is 42.9 Å². The number of pyridine rings is 1. The maximum atomic E-state index is 12.9. The molecule has 4 heterocycles. The maximum absolute atomic E-state index is 12.9. The molecule has 4 aromatic rings. The Balaban J connectivity index is 1.27. The maximum Gasteiger partial charge on any atom is 0.267 e. The van der Waals surface area contributed by atoms with Crippen molar-refractivity contribution in [3.05, 3.63) is 70.2 Å². The molecule has 0 radical (unpaired) electrons. The summed E-state index contributed by atoms with van der Waals surface area (Å²) in [5.41, 5.74) is 5.24. The van der Waals surface area contributed by atoms with Crippen LogP contribution in [0, 0.1) is 20.8 Å². The molecule has 10 nitrogen and oxygen atoms in total. The average molecular weight is 530 g/mol. The second-order valence-corrected chi connectivity index (χ2v) is 10.3. The van der Waals surface area contributed by atoms with Gasteiger partial charge in [-0.15, -0.1) is 0 Å². The van der Waals surface area contributed by atoms with E-state index in [0.717, 1.165) is 43.0 Å². The minimum atomic E-state index is -0.191. The van der Waals surface area contributed by atoms with Gasteiger partial charge in [0.15, 0.2) is 5.13 Å². The molecule has 0 spiro atoms. The summed E-state index contributed by atoms with van der Waals surface area (Å²) in [6, 6.07) is 8.18. The fourth-order valence-electron chi connectivity index (χ4n) is 4.57. The predicted octanol–water partition coefficient (Wildman–Crippen LogP) is 4.53. The van der Waals surface area contributed by atoms with E-state index in [1.165, 1.54) is 22.6 Å². The molecule has 3 aromatic heterocycles. The molecule has 0 saturated carbocycles. The molecular formula is C27H31N9OS. The monoisotopic (exact) mass is 529 g/mol. The highest BCUT2D eigenvalue weighted by Gasteiger charge is 2.21. The van der Waals surface area contributed by atoms with Gasteiger partial charge in [-0.2, -0.15) is 15.0 Å². The number of amides is 1. The lowest BCUT2D eigenvalue weighted by molar-refractivity contribution is 0.103. The number of anilines is 5. The van der Waals surface area contributed by atoms with Crippen LogP contribution in [0.3, 0.4) is 0 Å². The zero-order valence-electron chi connectivity index (χ0n) is 22.0. The lowest BCUT2D eigenvalue weighted by atomic mass is 10.1. The number of aryl methyl sites for hydroxylation is 4. The molecule has 1 aliphatic heterocycles. The van der Waals surface area contributed by atoms with E-state index in [2.05, 4.69) is 57.5 Å². The molecule has 38 heavy (non-hydrogen) atoms. The molecule has 196 valence electrons. The van der Waals surface area contributed by atoms with Gasteiger partial charge in [0.2, 0.25) is 11.9 Å². The highest BCUT2D eigenvalue weighted by Crippen LogP contribution is 2.26. The number of benzene rings is 1. The average Bonchev–Trinajstić information content (AvgIpc) is 3.39. The Morgan fingerprint density at radius 2 is 1.66 bits per heavy atom. The van der Waals surface area contributed by atoms with Crippen LogP contribution in [0.4, 0.5) is 28.4 Å². The summed E-state index contributed by atoms with van der Waals surface area (Å²) in [5.74, 6) is 1.58. The van der Waals surface area contributed by atoms with E-state index in [-0.39, 0.29) is 5.91 Å². The third-order valence-corrected chi connectivity index (χ3v) is 7.35. The van der Waals surface area contributed by atoms with Gasteiger partial charge >= 0.3 is 0 Å². The fourth-order valence-corrected chi connectivity index (χ4v) is 5.27. The molecule has 0 bridgehead atoms. The van der Waals surface area contributed by atoms with Gasteiger partial charge in [0, 0.05) is 56.4 Å². The molecule has 1 aromatic carbocycles. The Hall–Kier alpha value is -4.12.